The van der Waals surface area contributed by atoms with Gasteiger partial charge in [0, 0.05) is 0 Å². The Morgan fingerprint density at radius 3 is 1.60 bits per heavy atom. The van der Waals surface area contributed by atoms with Gasteiger partial charge in [0.05, 0.1) is 17.0 Å². The van der Waals surface area contributed by atoms with Gasteiger partial charge in [0.2, 0.25) is 0 Å². The molecule has 0 unspecified atom stereocenters. The summed E-state index contributed by atoms with van der Waals surface area (Å²) in [6.07, 6.45) is -4.34. The fourth-order valence-electron chi connectivity index (χ4n) is 1.14. The molecule has 1 aromatic heterocycles. The molecule has 0 amide bonds. The molecule has 1 heterocycles. The molecule has 0 saturated heterocycles. The van der Waals surface area contributed by atoms with E-state index in [-0.39, 0.29) is 11.3 Å². The number of alkyl halides is 3. The minimum atomic E-state index is -4.34. The van der Waals surface area contributed by atoms with Gasteiger partial charge in [-0.05, 0) is 26.3 Å². The number of aryl methyl sites for hydroxylation is 2. The predicted octanol–water partition coefficient (Wildman–Crippen LogP) is 3.45. The molecule has 1 aromatic rings. The normalized spacial score (nSPS) is 10.7. The molecule has 0 bridgehead atoms. The Labute approximate surface area is 87.5 Å². The maximum atomic E-state index is 12.4. The van der Waals surface area contributed by atoms with Crippen molar-refractivity contribution in [3.8, 4) is 0 Å². The van der Waals surface area contributed by atoms with Gasteiger partial charge in [0.15, 0.2) is 0 Å². The van der Waals surface area contributed by atoms with Crippen LogP contribution < -0.4 is 0 Å². The highest BCUT2D eigenvalue weighted by atomic mass is 19.4. The maximum Gasteiger partial charge on any atom is 0.418 e. The van der Waals surface area contributed by atoms with E-state index in [0.29, 0.717) is 5.69 Å². The molecule has 0 aromatic carbocycles. The molecule has 0 aliphatic rings. The summed E-state index contributed by atoms with van der Waals surface area (Å²) in [4.78, 5) is 0. The van der Waals surface area contributed by atoms with E-state index < -0.39 is 11.7 Å². The van der Waals surface area contributed by atoms with Crippen LogP contribution in [-0.4, -0.2) is 10.2 Å². The molecule has 0 spiro atoms. The van der Waals surface area contributed by atoms with Crippen molar-refractivity contribution in [3.05, 3.63) is 22.5 Å². The molecule has 0 atom stereocenters. The van der Waals surface area contributed by atoms with Crippen molar-refractivity contribution >= 4 is 0 Å². The van der Waals surface area contributed by atoms with Gasteiger partial charge >= 0.3 is 6.18 Å². The monoisotopic (exact) mass is 220 g/mol. The molecule has 2 nitrogen and oxygen atoms in total. The minimum absolute atomic E-state index is 0.0735. The van der Waals surface area contributed by atoms with E-state index in [2.05, 4.69) is 10.2 Å². The van der Waals surface area contributed by atoms with Crippen molar-refractivity contribution < 1.29 is 13.2 Å². The predicted molar refractivity (Wildman–Crippen MR) is 52.6 cm³/mol. The van der Waals surface area contributed by atoms with E-state index in [0.717, 1.165) is 0 Å². The first-order valence-electron chi connectivity index (χ1n) is 4.71. The van der Waals surface area contributed by atoms with Crippen LogP contribution in [0.15, 0.2) is 0 Å². The number of halogens is 3. The number of aromatic nitrogens is 2. The first-order valence-corrected chi connectivity index (χ1v) is 4.71. The zero-order valence-electron chi connectivity index (χ0n) is 9.53. The molecular formula is C10H15F3N2. The molecule has 0 fully saturated rings. The van der Waals surface area contributed by atoms with E-state index in [9.17, 15) is 13.2 Å². The van der Waals surface area contributed by atoms with Crippen molar-refractivity contribution in [1.29, 1.82) is 0 Å². The van der Waals surface area contributed by atoms with E-state index in [1.165, 1.54) is 20.8 Å². The van der Waals surface area contributed by atoms with Gasteiger partial charge in [-0.1, -0.05) is 13.8 Å². The van der Waals surface area contributed by atoms with Crippen LogP contribution in [0.2, 0.25) is 0 Å². The van der Waals surface area contributed by atoms with E-state index in [1.54, 1.807) is 0 Å². The highest BCUT2D eigenvalue weighted by molar-refractivity contribution is 5.32. The molecule has 0 aliphatic carbocycles. The van der Waals surface area contributed by atoms with Crippen LogP contribution >= 0.6 is 0 Å². The zero-order valence-corrected chi connectivity index (χ0v) is 9.53. The van der Waals surface area contributed by atoms with Crippen LogP contribution in [-0.2, 0) is 6.18 Å². The van der Waals surface area contributed by atoms with Gasteiger partial charge in [0.25, 0.3) is 0 Å². The van der Waals surface area contributed by atoms with Gasteiger partial charge in [-0.25, -0.2) is 0 Å². The number of nitrogens with zero attached hydrogens (tertiary/aromatic N) is 2. The lowest BCUT2D eigenvalue weighted by molar-refractivity contribution is -0.138. The summed E-state index contributed by atoms with van der Waals surface area (Å²) >= 11 is 0. The minimum Gasteiger partial charge on any atom is -0.166 e. The molecule has 86 valence electrons. The highest BCUT2D eigenvalue weighted by Gasteiger charge is 2.35. The summed E-state index contributed by atoms with van der Waals surface area (Å²) in [5, 5.41) is 7.04. The van der Waals surface area contributed by atoms with Gasteiger partial charge in [-0.3, -0.25) is 0 Å². The smallest absolute Gasteiger partial charge is 0.166 e. The van der Waals surface area contributed by atoms with Crippen LogP contribution in [0.1, 0.15) is 36.4 Å². The number of rotatable bonds is 0. The lowest BCUT2D eigenvalue weighted by atomic mass is 10.1. The summed E-state index contributed by atoms with van der Waals surface area (Å²) in [7, 11) is 0. The lowest BCUT2D eigenvalue weighted by Gasteiger charge is -2.12. The molecule has 0 saturated carbocycles. The van der Waals surface area contributed by atoms with Crippen LogP contribution in [0.4, 0.5) is 13.2 Å². The Kier molecular flexibility index (Phi) is 4.71. The summed E-state index contributed by atoms with van der Waals surface area (Å²) < 4.78 is 37.3. The summed E-state index contributed by atoms with van der Waals surface area (Å²) in [6, 6.07) is 0. The third kappa shape index (κ3) is 3.18. The van der Waals surface area contributed by atoms with Crippen LogP contribution in [0.3, 0.4) is 0 Å². The first-order chi connectivity index (χ1) is 6.84. The zero-order chi connectivity index (χ0) is 12.2. The molecular weight excluding hydrogens is 205 g/mol. The fourth-order valence-corrected chi connectivity index (χ4v) is 1.14. The largest absolute Gasteiger partial charge is 0.418 e. The third-order valence-electron chi connectivity index (χ3n) is 1.91. The van der Waals surface area contributed by atoms with Crippen molar-refractivity contribution in [2.45, 2.75) is 40.8 Å². The molecule has 0 aliphatic heterocycles. The molecule has 0 N–H and O–H groups in total. The van der Waals surface area contributed by atoms with E-state index in [4.69, 9.17) is 0 Å². The Morgan fingerprint density at radius 2 is 1.27 bits per heavy atom. The van der Waals surface area contributed by atoms with Gasteiger partial charge in [0.1, 0.15) is 0 Å². The van der Waals surface area contributed by atoms with E-state index in [1.807, 2.05) is 13.8 Å². The molecule has 15 heavy (non-hydrogen) atoms. The third-order valence-corrected chi connectivity index (χ3v) is 1.91. The number of hydrogen-bond acceptors (Lipinski definition) is 2. The molecule has 0 radical (unpaired) electrons. The fraction of sp³-hybridized carbons (Fsp3) is 0.600. The topological polar surface area (TPSA) is 25.8 Å². The summed E-state index contributed by atoms with van der Waals surface area (Å²) in [5.41, 5.74) is -0.270. The van der Waals surface area contributed by atoms with E-state index >= 15 is 0 Å². The Balaban J connectivity index is 0.000000921. The molecule has 1 rings (SSSR count). The quantitative estimate of drug-likeness (QED) is 0.669. The van der Waals surface area contributed by atoms with Gasteiger partial charge in [-0.15, -0.1) is 0 Å². The lowest BCUT2D eigenvalue weighted by Crippen LogP contribution is -2.13. The second-order valence-corrected chi connectivity index (χ2v) is 2.87. The van der Waals surface area contributed by atoms with Gasteiger partial charge in [-0.2, -0.15) is 23.4 Å². The van der Waals surface area contributed by atoms with Crippen molar-refractivity contribution in [3.63, 3.8) is 0 Å². The number of hydrogen-bond donors (Lipinski definition) is 0. The average Bonchev–Trinajstić information content (AvgIpc) is 2.13. The van der Waals surface area contributed by atoms with Crippen LogP contribution in [0.25, 0.3) is 0 Å². The Hall–Kier alpha value is -1.13. The van der Waals surface area contributed by atoms with Crippen molar-refractivity contribution in [2.75, 3.05) is 0 Å². The summed E-state index contributed by atoms with van der Waals surface area (Å²) in [5.74, 6) is 0. The maximum absolute atomic E-state index is 12.4. The Bertz CT molecular complexity index is 332. The van der Waals surface area contributed by atoms with Crippen molar-refractivity contribution in [1.82, 2.24) is 10.2 Å². The first kappa shape index (κ1) is 13.9. The van der Waals surface area contributed by atoms with Crippen molar-refractivity contribution in [2.24, 2.45) is 0 Å². The van der Waals surface area contributed by atoms with Gasteiger partial charge < -0.3 is 0 Å². The van der Waals surface area contributed by atoms with Crippen LogP contribution in [0.5, 0.6) is 0 Å². The van der Waals surface area contributed by atoms with Crippen LogP contribution in [0, 0.1) is 20.8 Å². The summed E-state index contributed by atoms with van der Waals surface area (Å²) in [6.45, 7) is 8.22. The SMILES string of the molecule is CC.Cc1nnc(C)c(C(F)(F)F)c1C. The molecule has 5 heteroatoms. The average molecular weight is 220 g/mol. The second-order valence-electron chi connectivity index (χ2n) is 2.87. The standard InChI is InChI=1S/C8H9F3N2.C2H6/c1-4-5(2)12-13-6(3)7(4)8(9,10)11;1-2/h1-3H3;1-2H3. The second kappa shape index (κ2) is 5.09. The highest BCUT2D eigenvalue weighted by Crippen LogP contribution is 2.33. The Morgan fingerprint density at radius 1 is 0.867 bits per heavy atom.